The Balaban J connectivity index is 1.97. The summed E-state index contributed by atoms with van der Waals surface area (Å²) in [5.41, 5.74) is 1.79. The molecule has 0 saturated carbocycles. The van der Waals surface area contributed by atoms with Crippen LogP contribution in [0.1, 0.15) is 28.8 Å². The lowest BCUT2D eigenvalue weighted by molar-refractivity contribution is 0.0950. The minimum absolute atomic E-state index is 0.192. The van der Waals surface area contributed by atoms with Gasteiger partial charge in [0, 0.05) is 24.7 Å². The molecule has 0 aliphatic heterocycles. The van der Waals surface area contributed by atoms with Crippen molar-refractivity contribution in [3.05, 3.63) is 69.9 Å². The average Bonchev–Trinajstić information content (AvgIpc) is 2.52. The summed E-state index contributed by atoms with van der Waals surface area (Å²) in [5.74, 6) is 0.847. The van der Waals surface area contributed by atoms with E-state index in [2.05, 4.69) is 21.9 Å². The van der Waals surface area contributed by atoms with Gasteiger partial charge in [-0.25, -0.2) is 4.98 Å². The first kappa shape index (κ1) is 17.5. The molecule has 24 heavy (non-hydrogen) atoms. The number of hydrogen-bond donors (Lipinski definition) is 2. The predicted molar refractivity (Wildman–Crippen MR) is 92.4 cm³/mol. The van der Waals surface area contributed by atoms with Crippen LogP contribution in [0.2, 0.25) is 0 Å². The lowest BCUT2D eigenvalue weighted by atomic mass is 10.2. The molecule has 0 aliphatic carbocycles. The molecule has 0 fully saturated rings. The molecule has 1 aromatic carbocycles. The number of H-pyrrole nitrogens is 1. The number of nitrogens with zero attached hydrogens (tertiary/aromatic N) is 1. The topological polar surface area (TPSA) is 84.1 Å². The van der Waals surface area contributed by atoms with Gasteiger partial charge in [0.25, 0.3) is 11.5 Å². The van der Waals surface area contributed by atoms with E-state index in [1.54, 1.807) is 25.1 Å². The van der Waals surface area contributed by atoms with E-state index in [1.165, 1.54) is 6.07 Å². The van der Waals surface area contributed by atoms with E-state index in [-0.39, 0.29) is 11.5 Å². The van der Waals surface area contributed by atoms with E-state index in [0.717, 1.165) is 5.57 Å². The molecule has 0 spiro atoms. The fraction of sp³-hybridized carbons (Fsp3) is 0.278. The molecule has 2 aromatic rings. The molecule has 0 atom stereocenters. The van der Waals surface area contributed by atoms with Crippen LogP contribution in [0.15, 0.2) is 47.3 Å². The minimum Gasteiger partial charge on any atom is -0.488 e. The van der Waals surface area contributed by atoms with Crippen LogP contribution in [0.3, 0.4) is 0 Å². The van der Waals surface area contributed by atoms with Crippen LogP contribution >= 0.6 is 0 Å². The van der Waals surface area contributed by atoms with Gasteiger partial charge in [0.2, 0.25) is 0 Å². The number of carbonyl (C=O) groups is 1. The van der Waals surface area contributed by atoms with Gasteiger partial charge in [-0.2, -0.15) is 0 Å². The molecule has 0 bridgehead atoms. The molecule has 6 nitrogen and oxygen atoms in total. The monoisotopic (exact) mass is 327 g/mol. The van der Waals surface area contributed by atoms with Crippen LogP contribution < -0.4 is 15.6 Å². The number of para-hydroxylation sites is 1. The molecule has 0 radical (unpaired) electrons. The summed E-state index contributed by atoms with van der Waals surface area (Å²) < 4.78 is 5.60. The second-order valence-corrected chi connectivity index (χ2v) is 5.57. The number of ether oxygens (including phenoxy) is 1. The number of rotatable bonds is 7. The highest BCUT2D eigenvalue weighted by Crippen LogP contribution is 2.18. The SMILES string of the molecule is C=C(C)COc1ccccc1C(=O)NCCc1cc(=O)[nH]c(C)n1. The summed E-state index contributed by atoms with van der Waals surface area (Å²) in [6.45, 7) is 8.10. The van der Waals surface area contributed by atoms with Crippen molar-refractivity contribution < 1.29 is 9.53 Å². The number of hydrogen-bond acceptors (Lipinski definition) is 4. The van der Waals surface area contributed by atoms with Crippen LogP contribution in [0, 0.1) is 6.92 Å². The Hall–Kier alpha value is -2.89. The number of aromatic nitrogens is 2. The maximum atomic E-state index is 12.3. The second kappa shape index (κ2) is 8.10. The molecule has 6 heteroatoms. The molecule has 1 amide bonds. The van der Waals surface area contributed by atoms with E-state index >= 15 is 0 Å². The Bertz CT molecular complexity index is 796. The van der Waals surface area contributed by atoms with Gasteiger partial charge < -0.3 is 15.0 Å². The quantitative estimate of drug-likeness (QED) is 0.762. The maximum Gasteiger partial charge on any atom is 0.255 e. The minimum atomic E-state index is -0.228. The number of benzene rings is 1. The summed E-state index contributed by atoms with van der Waals surface area (Å²) in [6, 6.07) is 8.49. The number of aryl methyl sites for hydroxylation is 1. The third-order valence-electron chi connectivity index (χ3n) is 3.19. The van der Waals surface area contributed by atoms with E-state index < -0.39 is 0 Å². The van der Waals surface area contributed by atoms with Crippen LogP contribution in [0.4, 0.5) is 0 Å². The van der Waals surface area contributed by atoms with Gasteiger partial charge in [0.15, 0.2) is 0 Å². The zero-order chi connectivity index (χ0) is 17.5. The molecule has 2 rings (SSSR count). The Labute approximate surface area is 140 Å². The third kappa shape index (κ3) is 5.08. The van der Waals surface area contributed by atoms with Crippen LogP contribution in [0.5, 0.6) is 5.75 Å². The zero-order valence-corrected chi connectivity index (χ0v) is 13.9. The van der Waals surface area contributed by atoms with Gasteiger partial charge in [-0.3, -0.25) is 9.59 Å². The molecule has 0 aliphatic rings. The fourth-order valence-corrected chi connectivity index (χ4v) is 2.15. The highest BCUT2D eigenvalue weighted by atomic mass is 16.5. The van der Waals surface area contributed by atoms with Gasteiger partial charge in [0.05, 0.1) is 5.56 Å². The van der Waals surface area contributed by atoms with Gasteiger partial charge in [-0.05, 0) is 31.6 Å². The Morgan fingerprint density at radius 1 is 1.38 bits per heavy atom. The molecule has 126 valence electrons. The Kier molecular flexibility index (Phi) is 5.89. The number of aromatic amines is 1. The molecule has 1 aromatic heterocycles. The van der Waals surface area contributed by atoms with Crippen molar-refractivity contribution >= 4 is 5.91 Å². The van der Waals surface area contributed by atoms with Crippen molar-refractivity contribution in [3.63, 3.8) is 0 Å². The van der Waals surface area contributed by atoms with Gasteiger partial charge in [-0.1, -0.05) is 18.7 Å². The summed E-state index contributed by atoms with van der Waals surface area (Å²) in [5, 5.41) is 2.82. The fourth-order valence-electron chi connectivity index (χ4n) is 2.15. The van der Waals surface area contributed by atoms with E-state index in [1.807, 2.05) is 13.0 Å². The van der Waals surface area contributed by atoms with E-state index in [9.17, 15) is 9.59 Å². The van der Waals surface area contributed by atoms with Gasteiger partial charge >= 0.3 is 0 Å². The van der Waals surface area contributed by atoms with Crippen molar-refractivity contribution in [2.24, 2.45) is 0 Å². The highest BCUT2D eigenvalue weighted by molar-refractivity contribution is 5.96. The van der Waals surface area contributed by atoms with Crippen molar-refractivity contribution in [2.45, 2.75) is 20.3 Å². The predicted octanol–water partition coefficient (Wildman–Crippen LogP) is 2.01. The second-order valence-electron chi connectivity index (χ2n) is 5.57. The summed E-state index contributed by atoms with van der Waals surface area (Å²) >= 11 is 0. The van der Waals surface area contributed by atoms with Crippen LogP contribution in [0.25, 0.3) is 0 Å². The number of nitrogens with one attached hydrogen (secondary N) is 2. The standard InChI is InChI=1S/C18H21N3O3/c1-12(2)11-24-16-7-5-4-6-15(16)18(23)19-9-8-14-10-17(22)21-13(3)20-14/h4-7,10H,1,8-9,11H2,2-3H3,(H,19,23)(H,20,21,22). The first-order valence-corrected chi connectivity index (χ1v) is 7.67. The molecular weight excluding hydrogens is 306 g/mol. The summed E-state index contributed by atoms with van der Waals surface area (Å²) in [7, 11) is 0. The molecular formula is C18H21N3O3. The normalized spacial score (nSPS) is 10.2. The first-order valence-electron chi connectivity index (χ1n) is 7.67. The van der Waals surface area contributed by atoms with Gasteiger partial charge in [-0.15, -0.1) is 0 Å². The van der Waals surface area contributed by atoms with Crippen molar-refractivity contribution in [3.8, 4) is 5.75 Å². The van der Waals surface area contributed by atoms with E-state index in [0.29, 0.717) is 42.4 Å². The summed E-state index contributed by atoms with van der Waals surface area (Å²) in [4.78, 5) is 30.5. The first-order chi connectivity index (χ1) is 11.5. The average molecular weight is 327 g/mol. The lowest BCUT2D eigenvalue weighted by Crippen LogP contribution is -2.27. The van der Waals surface area contributed by atoms with Crippen molar-refractivity contribution in [1.82, 2.24) is 15.3 Å². The van der Waals surface area contributed by atoms with Gasteiger partial charge in [0.1, 0.15) is 18.2 Å². The smallest absolute Gasteiger partial charge is 0.255 e. The zero-order valence-electron chi connectivity index (χ0n) is 13.9. The molecule has 2 N–H and O–H groups in total. The number of carbonyl (C=O) groups excluding carboxylic acids is 1. The molecule has 1 heterocycles. The lowest BCUT2D eigenvalue weighted by Gasteiger charge is -2.11. The van der Waals surface area contributed by atoms with E-state index in [4.69, 9.17) is 4.74 Å². The van der Waals surface area contributed by atoms with Crippen LogP contribution in [-0.2, 0) is 6.42 Å². The maximum absolute atomic E-state index is 12.3. The summed E-state index contributed by atoms with van der Waals surface area (Å²) in [6.07, 6.45) is 0.477. The third-order valence-corrected chi connectivity index (χ3v) is 3.19. The Morgan fingerprint density at radius 3 is 2.83 bits per heavy atom. The van der Waals surface area contributed by atoms with Crippen molar-refractivity contribution in [2.75, 3.05) is 13.2 Å². The highest BCUT2D eigenvalue weighted by Gasteiger charge is 2.11. The molecule has 0 saturated heterocycles. The Morgan fingerprint density at radius 2 is 2.12 bits per heavy atom. The number of amides is 1. The largest absolute Gasteiger partial charge is 0.488 e. The molecule has 0 unspecified atom stereocenters. The van der Waals surface area contributed by atoms with Crippen molar-refractivity contribution in [1.29, 1.82) is 0 Å². The van der Waals surface area contributed by atoms with Crippen LogP contribution in [-0.4, -0.2) is 29.0 Å².